The van der Waals surface area contributed by atoms with Gasteiger partial charge in [-0.1, -0.05) is 67.8 Å². The Hall–Kier alpha value is -2.86. The van der Waals surface area contributed by atoms with E-state index in [4.69, 9.17) is 4.74 Å². The number of fused-ring (bicyclic) bond motifs is 1. The van der Waals surface area contributed by atoms with Crippen LogP contribution in [0, 0.1) is 17.3 Å². The Morgan fingerprint density at radius 3 is 2.24 bits per heavy atom. The Morgan fingerprint density at radius 1 is 0.756 bits per heavy atom. The molecule has 1 spiro atoms. The fourth-order valence-electron chi connectivity index (χ4n) is 7.67. The van der Waals surface area contributed by atoms with Gasteiger partial charge in [0.2, 0.25) is 11.8 Å². The van der Waals surface area contributed by atoms with Gasteiger partial charge in [0.05, 0.1) is 5.92 Å². The molecule has 0 unspecified atom stereocenters. The lowest BCUT2D eigenvalue weighted by molar-refractivity contribution is -0.152. The number of hydrogen-bond acceptors (Lipinski definition) is 4. The minimum Gasteiger partial charge on any atom is -0.492 e. The number of hydrogen-bond donors (Lipinski definition) is 0. The molecule has 0 atom stereocenters. The smallest absolute Gasteiger partial charge is 0.229 e. The van der Waals surface area contributed by atoms with Crippen molar-refractivity contribution in [1.29, 1.82) is 0 Å². The summed E-state index contributed by atoms with van der Waals surface area (Å²) in [5.41, 5.74) is 2.87. The minimum atomic E-state index is -0.00231. The van der Waals surface area contributed by atoms with Crippen molar-refractivity contribution in [3.63, 3.8) is 0 Å². The summed E-state index contributed by atoms with van der Waals surface area (Å²) in [6.45, 7) is 6.47. The summed E-state index contributed by atoms with van der Waals surface area (Å²) in [5.74, 6) is 1.81. The van der Waals surface area contributed by atoms with Crippen molar-refractivity contribution in [1.82, 2.24) is 14.7 Å². The molecule has 41 heavy (non-hydrogen) atoms. The first-order valence-corrected chi connectivity index (χ1v) is 16.1. The molecular weight excluding hydrogens is 510 g/mol. The third-order valence-corrected chi connectivity index (χ3v) is 10.2. The molecule has 1 saturated carbocycles. The number of amides is 2. The van der Waals surface area contributed by atoms with Gasteiger partial charge >= 0.3 is 0 Å². The second kappa shape index (κ2) is 13.0. The lowest BCUT2D eigenvalue weighted by Gasteiger charge is -2.47. The van der Waals surface area contributed by atoms with Crippen LogP contribution in [-0.2, 0) is 22.6 Å². The molecule has 6 nitrogen and oxygen atoms in total. The third kappa shape index (κ3) is 6.80. The molecule has 2 amide bonds. The van der Waals surface area contributed by atoms with Gasteiger partial charge in [-0.25, -0.2) is 0 Å². The van der Waals surface area contributed by atoms with Crippen LogP contribution in [0.5, 0.6) is 5.75 Å². The van der Waals surface area contributed by atoms with Crippen LogP contribution in [0.2, 0.25) is 0 Å². The molecule has 6 heteroatoms. The molecule has 2 aromatic carbocycles. The second-order valence-corrected chi connectivity index (χ2v) is 13.1. The molecule has 220 valence electrons. The third-order valence-electron chi connectivity index (χ3n) is 10.2. The summed E-state index contributed by atoms with van der Waals surface area (Å²) in [6, 6.07) is 19.3. The van der Waals surface area contributed by atoms with E-state index in [1.165, 1.54) is 36.8 Å². The summed E-state index contributed by atoms with van der Waals surface area (Å²) in [7, 11) is 0. The molecular formula is C35H47N3O3. The van der Waals surface area contributed by atoms with Crippen molar-refractivity contribution in [3.8, 4) is 5.75 Å². The monoisotopic (exact) mass is 557 g/mol. The Kier molecular flexibility index (Phi) is 8.95. The van der Waals surface area contributed by atoms with Crippen molar-refractivity contribution in [2.24, 2.45) is 17.3 Å². The summed E-state index contributed by atoms with van der Waals surface area (Å²) in [5, 5.41) is 0. The van der Waals surface area contributed by atoms with E-state index in [1.54, 1.807) is 0 Å². The van der Waals surface area contributed by atoms with E-state index in [2.05, 4.69) is 64.4 Å². The minimum absolute atomic E-state index is 0.00231. The number of aryl methyl sites for hydroxylation is 1. The number of benzene rings is 2. The van der Waals surface area contributed by atoms with Crippen LogP contribution < -0.4 is 4.74 Å². The predicted molar refractivity (Wildman–Crippen MR) is 161 cm³/mol. The molecule has 2 saturated heterocycles. The molecule has 6 rings (SSSR count). The molecule has 0 radical (unpaired) electrons. The number of carbonyl (C=O) groups excluding carboxylic acids is 2. The SMILES string of the molecule is O=C(C1CN(C(=O)C2CCCC2)C1)N1CCC2(CCCCc3ccccc3OCCN(Cc3ccccc3)C2)CC1. The number of para-hydroxylation sites is 1. The van der Waals surface area contributed by atoms with E-state index in [0.717, 1.165) is 77.0 Å². The topological polar surface area (TPSA) is 53.1 Å². The van der Waals surface area contributed by atoms with E-state index >= 15 is 0 Å². The molecule has 4 aliphatic rings. The number of likely N-dealkylation sites (tertiary alicyclic amines) is 2. The van der Waals surface area contributed by atoms with Gasteiger partial charge in [-0.05, 0) is 67.6 Å². The molecule has 0 aromatic heterocycles. The van der Waals surface area contributed by atoms with Crippen LogP contribution in [0.4, 0.5) is 0 Å². The van der Waals surface area contributed by atoms with Crippen molar-refractivity contribution >= 4 is 11.8 Å². The first-order valence-electron chi connectivity index (χ1n) is 16.1. The standard InChI is InChI=1S/C35H47N3O3/c39-33(30-14-4-5-15-30)38-25-31(26-38)34(40)37-20-18-35(19-21-37)17-9-8-13-29-12-6-7-16-32(29)41-23-22-36(27-35)24-28-10-2-1-3-11-28/h1-3,6-7,10-12,16,30-31H,4-5,8-9,13-15,17-27H2. The Labute approximate surface area is 246 Å². The Balaban J connectivity index is 1.09. The van der Waals surface area contributed by atoms with Crippen LogP contribution in [0.1, 0.15) is 68.9 Å². The van der Waals surface area contributed by atoms with Gasteiger partial charge in [0.25, 0.3) is 0 Å². The first kappa shape index (κ1) is 28.3. The van der Waals surface area contributed by atoms with E-state index in [1.807, 2.05) is 4.90 Å². The van der Waals surface area contributed by atoms with Gasteiger partial charge in [-0.2, -0.15) is 0 Å². The molecule has 3 heterocycles. The molecule has 3 fully saturated rings. The van der Waals surface area contributed by atoms with Gasteiger partial charge in [0.1, 0.15) is 12.4 Å². The first-order chi connectivity index (χ1) is 20.1. The number of ether oxygens (including phenoxy) is 1. The van der Waals surface area contributed by atoms with Gasteiger partial charge < -0.3 is 14.5 Å². The highest BCUT2D eigenvalue weighted by Gasteiger charge is 2.43. The highest BCUT2D eigenvalue weighted by Crippen LogP contribution is 2.39. The van der Waals surface area contributed by atoms with E-state index in [0.29, 0.717) is 25.6 Å². The van der Waals surface area contributed by atoms with Crippen molar-refractivity contribution in [3.05, 3.63) is 65.7 Å². The largest absolute Gasteiger partial charge is 0.492 e. The van der Waals surface area contributed by atoms with Crippen molar-refractivity contribution in [2.45, 2.75) is 70.8 Å². The lowest BCUT2D eigenvalue weighted by Crippen LogP contribution is -2.59. The van der Waals surface area contributed by atoms with Crippen molar-refractivity contribution in [2.75, 3.05) is 45.9 Å². The zero-order valence-corrected chi connectivity index (χ0v) is 24.6. The number of nitrogens with zero attached hydrogens (tertiary/aromatic N) is 3. The van der Waals surface area contributed by atoms with Crippen LogP contribution in [-0.4, -0.2) is 72.4 Å². The maximum absolute atomic E-state index is 13.4. The fourth-order valence-corrected chi connectivity index (χ4v) is 7.67. The average Bonchev–Trinajstić information content (AvgIpc) is 3.51. The van der Waals surface area contributed by atoms with E-state index < -0.39 is 0 Å². The molecule has 1 aliphatic carbocycles. The summed E-state index contributed by atoms with van der Waals surface area (Å²) in [6.07, 6.45) is 11.1. The lowest BCUT2D eigenvalue weighted by atomic mass is 9.73. The van der Waals surface area contributed by atoms with Gasteiger partial charge in [-0.3, -0.25) is 14.5 Å². The summed E-state index contributed by atoms with van der Waals surface area (Å²) >= 11 is 0. The van der Waals surface area contributed by atoms with E-state index in [-0.39, 0.29) is 23.2 Å². The van der Waals surface area contributed by atoms with Crippen molar-refractivity contribution < 1.29 is 14.3 Å². The number of piperidine rings is 1. The highest BCUT2D eigenvalue weighted by molar-refractivity contribution is 5.85. The van der Waals surface area contributed by atoms with E-state index in [9.17, 15) is 9.59 Å². The number of rotatable bonds is 4. The average molecular weight is 558 g/mol. The van der Waals surface area contributed by atoms with Crippen LogP contribution in [0.15, 0.2) is 54.6 Å². The highest BCUT2D eigenvalue weighted by atomic mass is 16.5. The Bertz CT molecular complexity index is 1160. The van der Waals surface area contributed by atoms with Crippen LogP contribution >= 0.6 is 0 Å². The Morgan fingerprint density at radius 2 is 1.46 bits per heavy atom. The molecule has 0 bridgehead atoms. The molecule has 0 N–H and O–H groups in total. The maximum Gasteiger partial charge on any atom is 0.229 e. The fraction of sp³-hybridized carbons (Fsp3) is 0.600. The zero-order valence-electron chi connectivity index (χ0n) is 24.6. The predicted octanol–water partition coefficient (Wildman–Crippen LogP) is 5.55. The van der Waals surface area contributed by atoms with Gasteiger partial charge in [0, 0.05) is 51.7 Å². The zero-order chi connectivity index (χ0) is 28.1. The van der Waals surface area contributed by atoms with Crippen LogP contribution in [0.3, 0.4) is 0 Å². The normalized spacial score (nSPS) is 22.7. The molecule has 3 aliphatic heterocycles. The second-order valence-electron chi connectivity index (χ2n) is 13.1. The summed E-state index contributed by atoms with van der Waals surface area (Å²) < 4.78 is 6.33. The quantitative estimate of drug-likeness (QED) is 0.495. The van der Waals surface area contributed by atoms with Gasteiger partial charge in [-0.15, -0.1) is 0 Å². The molecule has 2 aromatic rings. The number of carbonyl (C=O) groups is 2. The van der Waals surface area contributed by atoms with Crippen LogP contribution in [0.25, 0.3) is 0 Å². The van der Waals surface area contributed by atoms with Gasteiger partial charge in [0.15, 0.2) is 0 Å². The summed E-state index contributed by atoms with van der Waals surface area (Å²) in [4.78, 5) is 32.8. The maximum atomic E-state index is 13.4.